The van der Waals surface area contributed by atoms with Crippen molar-refractivity contribution in [3.05, 3.63) is 69.0 Å². The molecule has 0 radical (unpaired) electrons. The normalized spacial score (nSPS) is 14.7. The third-order valence-corrected chi connectivity index (χ3v) is 8.81. The van der Waals surface area contributed by atoms with Gasteiger partial charge < -0.3 is 25.4 Å². The highest BCUT2D eigenvalue weighted by atomic mass is 35.5. The van der Waals surface area contributed by atoms with Crippen molar-refractivity contribution in [1.82, 2.24) is 15.5 Å². The second-order valence-corrected chi connectivity index (χ2v) is 11.3. The number of piperidine rings is 1. The predicted molar refractivity (Wildman–Crippen MR) is 160 cm³/mol. The summed E-state index contributed by atoms with van der Waals surface area (Å²) in [6.45, 7) is 0.697. The van der Waals surface area contributed by atoms with Crippen molar-refractivity contribution >= 4 is 74.4 Å². The van der Waals surface area contributed by atoms with E-state index in [-0.39, 0.29) is 30.7 Å². The zero-order chi connectivity index (χ0) is 29.5. The molecule has 4 rings (SSSR count). The number of likely N-dealkylation sites (tertiary alicyclic amines) is 1. The van der Waals surface area contributed by atoms with Gasteiger partial charge in [0.1, 0.15) is 5.75 Å². The average Bonchev–Trinajstić information content (AvgIpc) is 3.45. The molecule has 41 heavy (non-hydrogen) atoms. The summed E-state index contributed by atoms with van der Waals surface area (Å²) in [5.41, 5.74) is 1.03. The lowest BCUT2D eigenvalue weighted by Crippen LogP contribution is -2.49. The van der Waals surface area contributed by atoms with Crippen molar-refractivity contribution in [2.24, 2.45) is 5.92 Å². The van der Waals surface area contributed by atoms with E-state index >= 15 is 0 Å². The Kier molecular flexibility index (Phi) is 10.3. The van der Waals surface area contributed by atoms with Crippen molar-refractivity contribution in [2.45, 2.75) is 25.3 Å². The highest BCUT2D eigenvalue weighted by Crippen LogP contribution is 2.37. The van der Waals surface area contributed by atoms with Crippen molar-refractivity contribution in [1.29, 1.82) is 0 Å². The molecule has 0 unspecified atom stereocenters. The fourth-order valence-corrected chi connectivity index (χ4v) is 6.02. The molecule has 0 bridgehead atoms. The van der Waals surface area contributed by atoms with Crippen LogP contribution in [0.4, 0.5) is 0 Å². The molecule has 1 aliphatic heterocycles. The first kappa shape index (κ1) is 30.4. The van der Waals surface area contributed by atoms with Gasteiger partial charge in [-0.1, -0.05) is 23.2 Å². The molecule has 0 saturated carbocycles. The predicted octanol–water partition coefficient (Wildman–Crippen LogP) is 4.86. The number of fused-ring (bicyclic) bond motifs is 1. The number of carboxylic acid groups (broad SMARTS) is 1. The van der Waals surface area contributed by atoms with Crippen LogP contribution in [0, 0.1) is 5.92 Å². The molecule has 1 saturated heterocycles. The molecule has 9 nitrogen and oxygen atoms in total. The van der Waals surface area contributed by atoms with Crippen molar-refractivity contribution in [3.8, 4) is 5.75 Å². The van der Waals surface area contributed by atoms with Crippen LogP contribution in [0.1, 0.15) is 35.2 Å². The van der Waals surface area contributed by atoms with E-state index < -0.39 is 17.9 Å². The van der Waals surface area contributed by atoms with E-state index in [4.69, 9.17) is 27.9 Å². The van der Waals surface area contributed by atoms with Crippen LogP contribution in [-0.4, -0.2) is 66.5 Å². The highest BCUT2D eigenvalue weighted by molar-refractivity contribution is 7.18. The maximum Gasteiger partial charge on any atom is 0.305 e. The smallest absolute Gasteiger partial charge is 0.305 e. The van der Waals surface area contributed by atoms with Gasteiger partial charge in [-0.3, -0.25) is 19.2 Å². The summed E-state index contributed by atoms with van der Waals surface area (Å²) in [7, 11) is 1.52. The van der Waals surface area contributed by atoms with Crippen LogP contribution in [0.5, 0.6) is 5.75 Å². The van der Waals surface area contributed by atoms with E-state index in [0.717, 1.165) is 10.1 Å². The summed E-state index contributed by atoms with van der Waals surface area (Å²) in [5.74, 6) is -1.77. The number of nitrogens with one attached hydrogen (secondary N) is 2. The Morgan fingerprint density at radius 3 is 2.49 bits per heavy atom. The van der Waals surface area contributed by atoms with Crippen molar-refractivity contribution < 1.29 is 29.0 Å². The van der Waals surface area contributed by atoms with Crippen LogP contribution in [0.25, 0.3) is 16.2 Å². The fraction of sp³-hybridized carbons (Fsp3) is 0.310. The number of rotatable bonds is 10. The molecule has 3 aromatic rings. The van der Waals surface area contributed by atoms with Gasteiger partial charge in [0, 0.05) is 37.2 Å². The minimum Gasteiger partial charge on any atom is -0.497 e. The van der Waals surface area contributed by atoms with Gasteiger partial charge in [-0.05, 0) is 71.6 Å². The van der Waals surface area contributed by atoms with E-state index in [2.05, 4.69) is 10.6 Å². The number of methoxy groups -OCH3 is 1. The maximum absolute atomic E-state index is 12.9. The first-order valence-electron chi connectivity index (χ1n) is 12.9. The van der Waals surface area contributed by atoms with Gasteiger partial charge in [-0.15, -0.1) is 11.3 Å². The maximum atomic E-state index is 12.9. The van der Waals surface area contributed by atoms with Gasteiger partial charge in [0.15, 0.2) is 0 Å². The largest absolute Gasteiger partial charge is 0.497 e. The molecule has 216 valence electrons. The number of nitrogens with zero attached hydrogens (tertiary/aromatic N) is 1. The lowest BCUT2D eigenvalue weighted by Gasteiger charge is -2.31. The quantitative estimate of drug-likeness (QED) is 0.279. The molecule has 1 fully saturated rings. The molecule has 0 aliphatic carbocycles. The monoisotopic (exact) mass is 617 g/mol. The zero-order valence-electron chi connectivity index (χ0n) is 22.2. The van der Waals surface area contributed by atoms with E-state index in [1.807, 2.05) is 17.5 Å². The van der Waals surface area contributed by atoms with E-state index in [9.17, 15) is 24.3 Å². The fourth-order valence-electron chi connectivity index (χ4n) is 4.58. The number of hydrogen-bond acceptors (Lipinski definition) is 6. The number of carbonyl (C=O) groups is 4. The molecule has 2 aromatic carbocycles. The van der Waals surface area contributed by atoms with Gasteiger partial charge in [-0.2, -0.15) is 0 Å². The Bertz CT molecular complexity index is 1470. The number of ether oxygens (including phenoxy) is 1. The standard InChI is InChI=1S/C29H29Cl2N3O6S/c1-40-22-5-2-17(3-6-22)28(38)32-16-21(15-24(36)37)33-29(39)18-8-11-34(12-9-18)23(35)7-4-19-14-20-10-13-41-27(20)26(31)25(19)30/h2-7,10,13-14,18,21H,8-9,11-12,15-16H2,1H3,(H,32,38)(H,33,39)(H,36,37)/b7-4+/t21-/m1/s1. The second kappa shape index (κ2) is 13.8. The Morgan fingerprint density at radius 1 is 1.12 bits per heavy atom. The molecule has 1 aromatic heterocycles. The van der Waals surface area contributed by atoms with Gasteiger partial charge in [0.2, 0.25) is 11.8 Å². The molecule has 2 heterocycles. The van der Waals surface area contributed by atoms with Crippen LogP contribution >= 0.6 is 34.5 Å². The number of halogens is 2. The second-order valence-electron chi connectivity index (χ2n) is 9.61. The van der Waals surface area contributed by atoms with E-state index in [0.29, 0.717) is 52.9 Å². The van der Waals surface area contributed by atoms with Gasteiger partial charge in [-0.25, -0.2) is 0 Å². The van der Waals surface area contributed by atoms with Crippen LogP contribution in [0.3, 0.4) is 0 Å². The number of carbonyl (C=O) groups excluding carboxylic acids is 3. The molecule has 0 spiro atoms. The number of benzene rings is 2. The number of aliphatic carboxylic acids is 1. The summed E-state index contributed by atoms with van der Waals surface area (Å²) in [6.07, 6.45) is 3.60. The molecule has 1 atom stereocenters. The first-order chi connectivity index (χ1) is 19.7. The summed E-state index contributed by atoms with van der Waals surface area (Å²) in [6, 6.07) is 9.51. The molecule has 1 aliphatic rings. The van der Waals surface area contributed by atoms with E-state index in [1.54, 1.807) is 35.2 Å². The number of amides is 3. The van der Waals surface area contributed by atoms with Crippen LogP contribution < -0.4 is 15.4 Å². The SMILES string of the molecule is COc1ccc(C(=O)NC[C@@H](CC(=O)O)NC(=O)C2CCN(C(=O)/C=C/c3cc4ccsc4c(Cl)c3Cl)CC2)cc1. The van der Waals surface area contributed by atoms with Crippen LogP contribution in [0.2, 0.25) is 10.0 Å². The summed E-state index contributed by atoms with van der Waals surface area (Å²) in [4.78, 5) is 51.3. The number of carboxylic acids is 1. The average molecular weight is 619 g/mol. The summed E-state index contributed by atoms with van der Waals surface area (Å²) in [5, 5.41) is 18.5. The lowest BCUT2D eigenvalue weighted by molar-refractivity contribution is -0.138. The zero-order valence-corrected chi connectivity index (χ0v) is 24.5. The Balaban J connectivity index is 1.28. The van der Waals surface area contributed by atoms with Crippen LogP contribution in [0.15, 0.2) is 47.9 Å². The van der Waals surface area contributed by atoms with Crippen LogP contribution in [-0.2, 0) is 14.4 Å². The van der Waals surface area contributed by atoms with Gasteiger partial charge in [0.05, 0.1) is 34.3 Å². The molecular weight excluding hydrogens is 589 g/mol. The van der Waals surface area contributed by atoms with Crippen molar-refractivity contribution in [2.75, 3.05) is 26.7 Å². The Morgan fingerprint density at radius 2 is 1.83 bits per heavy atom. The van der Waals surface area contributed by atoms with Crippen molar-refractivity contribution in [3.63, 3.8) is 0 Å². The summed E-state index contributed by atoms with van der Waals surface area (Å²) < 4.78 is 5.98. The Hall–Kier alpha value is -3.60. The topological polar surface area (TPSA) is 125 Å². The van der Waals surface area contributed by atoms with Gasteiger partial charge >= 0.3 is 5.97 Å². The first-order valence-corrected chi connectivity index (χ1v) is 14.6. The molecular formula is C29H29Cl2N3O6S. The number of hydrogen-bond donors (Lipinski definition) is 3. The minimum absolute atomic E-state index is 0.0468. The summed E-state index contributed by atoms with van der Waals surface area (Å²) >= 11 is 14.3. The molecule has 3 N–H and O–H groups in total. The minimum atomic E-state index is -1.10. The molecule has 3 amide bonds. The third-order valence-electron chi connectivity index (χ3n) is 6.86. The Labute approximate surface area is 251 Å². The molecule has 12 heteroatoms. The van der Waals surface area contributed by atoms with E-state index in [1.165, 1.54) is 24.5 Å². The third kappa shape index (κ3) is 7.78. The number of thiophene rings is 1. The highest BCUT2D eigenvalue weighted by Gasteiger charge is 2.28. The lowest BCUT2D eigenvalue weighted by atomic mass is 9.95. The van der Waals surface area contributed by atoms with Gasteiger partial charge in [0.25, 0.3) is 5.91 Å².